The molecule has 0 bridgehead atoms. The zero-order chi connectivity index (χ0) is 19.0. The van der Waals surface area contributed by atoms with Crippen LogP contribution in [-0.4, -0.2) is 44.8 Å². The zero-order valence-corrected chi connectivity index (χ0v) is 15.1. The van der Waals surface area contributed by atoms with E-state index in [1.165, 1.54) is 6.20 Å². The van der Waals surface area contributed by atoms with Crippen molar-refractivity contribution in [1.29, 1.82) is 0 Å². The van der Waals surface area contributed by atoms with Crippen molar-refractivity contribution in [2.24, 2.45) is 5.73 Å². The second kappa shape index (κ2) is 7.10. The topological polar surface area (TPSA) is 77.2 Å². The summed E-state index contributed by atoms with van der Waals surface area (Å²) in [5, 5.41) is 0.498. The van der Waals surface area contributed by atoms with Crippen LogP contribution in [0.15, 0.2) is 30.6 Å². The minimum Gasteiger partial charge on any atom is -0.340 e. The van der Waals surface area contributed by atoms with Gasteiger partial charge in [0.1, 0.15) is 11.7 Å². The van der Waals surface area contributed by atoms with Crippen LogP contribution in [0.2, 0.25) is 5.02 Å². The van der Waals surface area contributed by atoms with Gasteiger partial charge in [-0.05, 0) is 18.6 Å². The van der Waals surface area contributed by atoms with Crippen molar-refractivity contribution in [1.82, 2.24) is 19.5 Å². The van der Waals surface area contributed by atoms with Gasteiger partial charge in [0, 0.05) is 25.5 Å². The second-order valence-electron chi connectivity index (χ2n) is 6.53. The Morgan fingerprint density at radius 1 is 1.33 bits per heavy atom. The highest BCUT2D eigenvalue weighted by Crippen LogP contribution is 2.27. The Labute approximate surface area is 160 Å². The number of imidazole rings is 1. The molecule has 0 saturated carbocycles. The number of fused-ring (bicyclic) bond motifs is 1. The molecular weight excluding hydrogens is 369 g/mol. The summed E-state index contributed by atoms with van der Waals surface area (Å²) in [7, 11) is 0. The van der Waals surface area contributed by atoms with Gasteiger partial charge >= 0.3 is 0 Å². The first kappa shape index (κ1) is 17.6. The zero-order valence-electron chi connectivity index (χ0n) is 14.4. The average Bonchev–Trinajstić information content (AvgIpc) is 3.02. The van der Waals surface area contributed by atoms with Crippen LogP contribution in [0.5, 0.6) is 0 Å². The molecule has 4 heterocycles. The molecule has 0 radical (unpaired) electrons. The number of halogens is 2. The molecule has 27 heavy (non-hydrogen) atoms. The number of piperidine rings is 1. The van der Waals surface area contributed by atoms with Crippen molar-refractivity contribution in [2.45, 2.75) is 25.2 Å². The van der Waals surface area contributed by atoms with Crippen molar-refractivity contribution in [3.8, 4) is 0 Å². The van der Waals surface area contributed by atoms with E-state index in [0.29, 0.717) is 53.9 Å². The van der Waals surface area contributed by atoms with Gasteiger partial charge in [-0.15, -0.1) is 0 Å². The maximum atomic E-state index is 13.8. The third-order valence-electron chi connectivity index (χ3n) is 4.64. The molecular formula is C18H17ClFN7. The number of hydrogen-bond donors (Lipinski definition) is 1. The number of nitrogens with zero attached hydrogens (tertiary/aromatic N) is 6. The van der Waals surface area contributed by atoms with Gasteiger partial charge in [-0.25, -0.2) is 19.2 Å². The lowest BCUT2D eigenvalue weighted by atomic mass is 10.1. The van der Waals surface area contributed by atoms with Crippen molar-refractivity contribution in [2.75, 3.05) is 18.0 Å². The maximum Gasteiger partial charge on any atom is 0.208 e. The molecule has 1 fully saturated rings. The van der Waals surface area contributed by atoms with Gasteiger partial charge in [-0.1, -0.05) is 17.7 Å². The predicted molar refractivity (Wildman–Crippen MR) is 102 cm³/mol. The smallest absolute Gasteiger partial charge is 0.208 e. The van der Waals surface area contributed by atoms with Crippen molar-refractivity contribution >= 4 is 34.4 Å². The molecule has 1 aliphatic rings. The Morgan fingerprint density at radius 3 is 2.89 bits per heavy atom. The molecule has 0 amide bonds. The molecule has 4 rings (SSSR count). The fraction of sp³-hybridized carbons (Fsp3) is 0.333. The highest BCUT2D eigenvalue weighted by Gasteiger charge is 2.29. The fourth-order valence-electron chi connectivity index (χ4n) is 3.23. The first-order valence-corrected chi connectivity index (χ1v) is 8.91. The lowest BCUT2D eigenvalue weighted by Crippen LogP contribution is -2.50. The molecule has 1 saturated heterocycles. The summed E-state index contributed by atoms with van der Waals surface area (Å²) < 4.78 is 15.7. The van der Waals surface area contributed by atoms with Gasteiger partial charge in [0.2, 0.25) is 11.6 Å². The molecule has 138 valence electrons. The number of aromatic nitrogens is 4. The molecule has 2 atom stereocenters. The van der Waals surface area contributed by atoms with E-state index in [1.807, 2.05) is 9.47 Å². The van der Waals surface area contributed by atoms with Gasteiger partial charge in [0.25, 0.3) is 0 Å². The first-order valence-electron chi connectivity index (χ1n) is 8.54. The quantitative estimate of drug-likeness (QED) is 0.701. The lowest BCUT2D eigenvalue weighted by Gasteiger charge is -2.33. The molecule has 0 aliphatic carbocycles. The van der Waals surface area contributed by atoms with Crippen LogP contribution in [0.3, 0.4) is 0 Å². The number of hydrogen-bond acceptors (Lipinski definition) is 5. The van der Waals surface area contributed by atoms with E-state index in [0.717, 1.165) is 5.69 Å². The number of anilines is 1. The Kier molecular flexibility index (Phi) is 4.64. The van der Waals surface area contributed by atoms with E-state index in [2.05, 4.69) is 19.8 Å². The molecule has 3 aromatic heterocycles. The highest BCUT2D eigenvalue weighted by atomic mass is 35.5. The van der Waals surface area contributed by atoms with Gasteiger partial charge < -0.3 is 10.6 Å². The second-order valence-corrected chi connectivity index (χ2v) is 6.96. The summed E-state index contributed by atoms with van der Waals surface area (Å²) in [6.07, 6.45) is 2.46. The normalized spacial score (nSPS) is 20.0. The first-order chi connectivity index (χ1) is 13.0. The maximum absolute atomic E-state index is 13.8. The molecule has 0 spiro atoms. The Hall–Kier alpha value is -2.76. The predicted octanol–water partition coefficient (Wildman–Crippen LogP) is 2.95. The van der Waals surface area contributed by atoms with E-state index < -0.39 is 12.2 Å². The van der Waals surface area contributed by atoms with Crippen LogP contribution in [0, 0.1) is 6.57 Å². The molecule has 9 heteroatoms. The van der Waals surface area contributed by atoms with Gasteiger partial charge in [-0.2, -0.15) is 0 Å². The third-order valence-corrected chi connectivity index (χ3v) is 4.85. The SMILES string of the molecule is [C-]#[N+]c1ccc(Cn2c(N3CC[C@@H](F)[C@H](N)C3)nc3cc(Cl)cnc32)nc1. The lowest BCUT2D eigenvalue weighted by molar-refractivity contribution is 0.243. The summed E-state index contributed by atoms with van der Waals surface area (Å²) in [6.45, 7) is 8.36. The monoisotopic (exact) mass is 385 g/mol. The largest absolute Gasteiger partial charge is 0.340 e. The minimum absolute atomic E-state index is 0.358. The van der Waals surface area contributed by atoms with E-state index in [9.17, 15) is 4.39 Å². The van der Waals surface area contributed by atoms with Crippen molar-refractivity contribution in [3.05, 3.63) is 52.7 Å². The third kappa shape index (κ3) is 3.44. The summed E-state index contributed by atoms with van der Waals surface area (Å²) in [4.78, 5) is 18.8. The van der Waals surface area contributed by atoms with E-state index >= 15 is 0 Å². The van der Waals surface area contributed by atoms with Crippen LogP contribution in [0.4, 0.5) is 16.0 Å². The fourth-order valence-corrected chi connectivity index (χ4v) is 3.39. The van der Waals surface area contributed by atoms with E-state index in [-0.39, 0.29) is 0 Å². The Morgan fingerprint density at radius 2 is 2.19 bits per heavy atom. The van der Waals surface area contributed by atoms with E-state index in [4.69, 9.17) is 23.9 Å². The Balaban J connectivity index is 1.75. The average molecular weight is 386 g/mol. The van der Waals surface area contributed by atoms with Crippen molar-refractivity contribution < 1.29 is 4.39 Å². The Bertz CT molecular complexity index is 1010. The summed E-state index contributed by atoms with van der Waals surface area (Å²) in [5.41, 5.74) is 8.50. The standard InChI is InChI=1S/C18H17ClFN7/c1-22-12-2-3-13(23-8-12)9-27-17-16(6-11(19)7-24-17)25-18(27)26-5-4-14(20)15(21)10-26/h2-3,6-8,14-15H,4-5,9-10,21H2/t14-,15-/m1/s1. The molecule has 3 aromatic rings. The molecule has 0 unspecified atom stereocenters. The number of pyridine rings is 2. The number of alkyl halides is 1. The summed E-state index contributed by atoms with van der Waals surface area (Å²) in [6, 6.07) is 4.72. The summed E-state index contributed by atoms with van der Waals surface area (Å²) >= 11 is 6.07. The molecule has 2 N–H and O–H groups in total. The van der Waals surface area contributed by atoms with Gasteiger partial charge in [0.05, 0.1) is 29.9 Å². The molecule has 1 aliphatic heterocycles. The number of rotatable bonds is 3. The van der Waals surface area contributed by atoms with E-state index in [1.54, 1.807) is 24.4 Å². The van der Waals surface area contributed by atoms with Crippen LogP contribution in [0.1, 0.15) is 12.1 Å². The van der Waals surface area contributed by atoms with Crippen LogP contribution in [-0.2, 0) is 6.54 Å². The summed E-state index contributed by atoms with van der Waals surface area (Å²) in [5.74, 6) is 0.665. The minimum atomic E-state index is -1.01. The van der Waals surface area contributed by atoms with Crippen LogP contribution in [0.25, 0.3) is 16.0 Å². The van der Waals surface area contributed by atoms with Crippen LogP contribution >= 0.6 is 11.6 Å². The highest BCUT2D eigenvalue weighted by molar-refractivity contribution is 6.31. The van der Waals surface area contributed by atoms with Crippen molar-refractivity contribution in [3.63, 3.8) is 0 Å². The van der Waals surface area contributed by atoms with Gasteiger partial charge in [0.15, 0.2) is 5.65 Å². The molecule has 0 aromatic carbocycles. The van der Waals surface area contributed by atoms with Crippen LogP contribution < -0.4 is 10.6 Å². The van der Waals surface area contributed by atoms with Gasteiger partial charge in [-0.3, -0.25) is 9.55 Å². The number of nitrogens with two attached hydrogens (primary N) is 1. The molecule has 7 nitrogen and oxygen atoms in total.